The maximum Gasteiger partial charge on any atom is 0.323 e. The second kappa shape index (κ2) is 10.9. The van der Waals surface area contributed by atoms with E-state index in [0.29, 0.717) is 32.4 Å². The van der Waals surface area contributed by atoms with Gasteiger partial charge in [-0.25, -0.2) is 4.79 Å². The average Bonchev–Trinajstić information content (AvgIpc) is 2.91. The zero-order chi connectivity index (χ0) is 20.5. The first-order valence-corrected chi connectivity index (χ1v) is 10.2. The summed E-state index contributed by atoms with van der Waals surface area (Å²) in [6.07, 6.45) is 7.31. The van der Waals surface area contributed by atoms with Gasteiger partial charge in [0.25, 0.3) is 0 Å². The van der Waals surface area contributed by atoms with Crippen LogP contribution in [0.3, 0.4) is 0 Å². The number of carbonyl (C=O) groups excluding carboxylic acids is 3. The van der Waals surface area contributed by atoms with Crippen LogP contribution >= 0.6 is 0 Å². The molecule has 0 aromatic heterocycles. The number of nitrogens with zero attached hydrogens (tertiary/aromatic N) is 2. The molecule has 0 aromatic rings. The molecule has 0 radical (unpaired) electrons. The molecule has 28 heavy (non-hydrogen) atoms. The second-order valence-electron chi connectivity index (χ2n) is 7.67. The highest BCUT2D eigenvalue weighted by molar-refractivity contribution is 5.84. The van der Waals surface area contributed by atoms with Crippen LogP contribution in [0.2, 0.25) is 0 Å². The Labute approximate surface area is 165 Å². The van der Waals surface area contributed by atoms with Crippen molar-refractivity contribution in [1.82, 2.24) is 20.4 Å². The van der Waals surface area contributed by atoms with Crippen molar-refractivity contribution in [3.05, 3.63) is 0 Å². The largest absolute Gasteiger partial charge is 0.480 e. The van der Waals surface area contributed by atoms with Crippen LogP contribution in [0.15, 0.2) is 0 Å². The van der Waals surface area contributed by atoms with Gasteiger partial charge in [0.1, 0.15) is 6.54 Å². The minimum Gasteiger partial charge on any atom is -0.480 e. The summed E-state index contributed by atoms with van der Waals surface area (Å²) in [4.78, 5) is 50.3. The molecule has 1 atom stereocenters. The highest BCUT2D eigenvalue weighted by Crippen LogP contribution is 2.18. The molecule has 1 saturated heterocycles. The summed E-state index contributed by atoms with van der Waals surface area (Å²) < 4.78 is 0. The number of aliphatic carboxylic acids is 1. The van der Waals surface area contributed by atoms with Crippen molar-refractivity contribution in [2.75, 3.05) is 26.2 Å². The van der Waals surface area contributed by atoms with E-state index in [-0.39, 0.29) is 43.0 Å². The molecule has 9 nitrogen and oxygen atoms in total. The molecule has 2 fully saturated rings. The first kappa shape index (κ1) is 22.0. The van der Waals surface area contributed by atoms with E-state index in [4.69, 9.17) is 5.11 Å². The summed E-state index contributed by atoms with van der Waals surface area (Å²) in [5.41, 5.74) is 0. The number of nitrogens with one attached hydrogen (secondary N) is 2. The van der Waals surface area contributed by atoms with Crippen LogP contribution in [0.25, 0.3) is 0 Å². The quantitative estimate of drug-likeness (QED) is 0.617. The number of likely N-dealkylation sites (tertiary alicyclic amines) is 1. The molecule has 9 heteroatoms. The number of hydrogen-bond acceptors (Lipinski definition) is 4. The third kappa shape index (κ3) is 7.01. The Bertz CT molecular complexity index is 577. The molecule has 0 aromatic carbocycles. The molecule has 0 spiro atoms. The van der Waals surface area contributed by atoms with Gasteiger partial charge < -0.3 is 25.5 Å². The van der Waals surface area contributed by atoms with Crippen molar-refractivity contribution in [3.63, 3.8) is 0 Å². The van der Waals surface area contributed by atoms with E-state index in [1.807, 2.05) is 0 Å². The fourth-order valence-electron chi connectivity index (χ4n) is 4.03. The van der Waals surface area contributed by atoms with Crippen LogP contribution in [-0.2, 0) is 14.4 Å². The van der Waals surface area contributed by atoms with Gasteiger partial charge in [-0.15, -0.1) is 0 Å². The van der Waals surface area contributed by atoms with Crippen molar-refractivity contribution in [3.8, 4) is 0 Å². The second-order valence-corrected chi connectivity index (χ2v) is 7.67. The lowest BCUT2D eigenvalue weighted by Gasteiger charge is -2.29. The third-order valence-corrected chi connectivity index (χ3v) is 5.54. The summed E-state index contributed by atoms with van der Waals surface area (Å²) in [5.74, 6) is -1.47. The molecule has 2 aliphatic rings. The monoisotopic (exact) mass is 396 g/mol. The van der Waals surface area contributed by atoms with Crippen LogP contribution in [0, 0.1) is 0 Å². The number of rotatable bonds is 6. The maximum absolute atomic E-state index is 12.4. The standard InChI is InChI=1S/C19H32N4O5/c1-14(24)23(13-18(26)27)16-8-5-10-22(11-9-16)17(25)12-20-19(28)21-15-6-3-2-4-7-15/h15-16H,2-13H2,1H3,(H,26,27)(H2,20,21,28). The lowest BCUT2D eigenvalue weighted by molar-refractivity contribution is -0.145. The molecule has 2 rings (SSSR count). The summed E-state index contributed by atoms with van der Waals surface area (Å²) in [6, 6.07) is -0.305. The van der Waals surface area contributed by atoms with Gasteiger partial charge in [-0.2, -0.15) is 0 Å². The molecule has 1 saturated carbocycles. The number of hydrogen-bond donors (Lipinski definition) is 3. The average molecular weight is 396 g/mol. The van der Waals surface area contributed by atoms with Crippen molar-refractivity contribution in [1.29, 1.82) is 0 Å². The fourth-order valence-corrected chi connectivity index (χ4v) is 4.03. The number of carboxylic acids is 1. The van der Waals surface area contributed by atoms with E-state index in [1.54, 1.807) is 4.90 Å². The Morgan fingerprint density at radius 1 is 1.00 bits per heavy atom. The Morgan fingerprint density at radius 2 is 1.71 bits per heavy atom. The number of amides is 4. The van der Waals surface area contributed by atoms with Crippen molar-refractivity contribution in [2.24, 2.45) is 0 Å². The van der Waals surface area contributed by atoms with E-state index >= 15 is 0 Å². The van der Waals surface area contributed by atoms with Gasteiger partial charge in [-0.05, 0) is 32.1 Å². The molecular formula is C19H32N4O5. The van der Waals surface area contributed by atoms with Crippen LogP contribution in [0.5, 0.6) is 0 Å². The zero-order valence-electron chi connectivity index (χ0n) is 16.6. The number of carbonyl (C=O) groups is 4. The highest BCUT2D eigenvalue weighted by atomic mass is 16.4. The number of urea groups is 1. The van der Waals surface area contributed by atoms with Crippen molar-refractivity contribution in [2.45, 2.75) is 70.4 Å². The summed E-state index contributed by atoms with van der Waals surface area (Å²) in [7, 11) is 0. The fraction of sp³-hybridized carbons (Fsp3) is 0.789. The van der Waals surface area contributed by atoms with Gasteiger partial charge in [0.2, 0.25) is 11.8 Å². The van der Waals surface area contributed by atoms with Gasteiger partial charge in [0.05, 0.1) is 6.54 Å². The SMILES string of the molecule is CC(=O)N(CC(=O)O)C1CCCN(C(=O)CNC(=O)NC2CCCCC2)CC1. The molecular weight excluding hydrogens is 364 g/mol. The first-order chi connectivity index (χ1) is 13.4. The van der Waals surface area contributed by atoms with Crippen LogP contribution < -0.4 is 10.6 Å². The molecule has 0 bridgehead atoms. The smallest absolute Gasteiger partial charge is 0.323 e. The van der Waals surface area contributed by atoms with E-state index in [2.05, 4.69) is 10.6 Å². The van der Waals surface area contributed by atoms with Gasteiger partial charge in [-0.3, -0.25) is 14.4 Å². The van der Waals surface area contributed by atoms with Crippen LogP contribution in [0.4, 0.5) is 4.79 Å². The molecule has 1 unspecified atom stereocenters. The predicted octanol–water partition coefficient (Wildman–Crippen LogP) is 0.933. The summed E-state index contributed by atoms with van der Waals surface area (Å²) >= 11 is 0. The zero-order valence-corrected chi connectivity index (χ0v) is 16.6. The van der Waals surface area contributed by atoms with Crippen molar-refractivity contribution >= 4 is 23.8 Å². The first-order valence-electron chi connectivity index (χ1n) is 10.2. The van der Waals surface area contributed by atoms with E-state index in [0.717, 1.165) is 25.7 Å². The van der Waals surface area contributed by atoms with Crippen molar-refractivity contribution < 1.29 is 24.3 Å². The third-order valence-electron chi connectivity index (χ3n) is 5.54. The Hall–Kier alpha value is -2.32. The normalized spacial score (nSPS) is 20.8. The minimum absolute atomic E-state index is 0.0607. The molecule has 3 N–H and O–H groups in total. The number of carboxylic acid groups (broad SMARTS) is 1. The van der Waals surface area contributed by atoms with Gasteiger partial charge >= 0.3 is 12.0 Å². The molecule has 158 valence electrons. The maximum atomic E-state index is 12.4. The highest BCUT2D eigenvalue weighted by Gasteiger charge is 2.27. The lowest BCUT2D eigenvalue weighted by atomic mass is 9.96. The Kier molecular flexibility index (Phi) is 8.53. The molecule has 1 heterocycles. The van der Waals surface area contributed by atoms with Crippen LogP contribution in [0.1, 0.15) is 58.3 Å². The lowest BCUT2D eigenvalue weighted by Crippen LogP contribution is -2.47. The Balaban J connectivity index is 1.77. The molecule has 4 amide bonds. The minimum atomic E-state index is -1.04. The van der Waals surface area contributed by atoms with E-state index in [1.165, 1.54) is 18.2 Å². The summed E-state index contributed by atoms with van der Waals surface area (Å²) in [6.45, 7) is 1.97. The van der Waals surface area contributed by atoms with Gasteiger partial charge in [0, 0.05) is 32.1 Å². The summed E-state index contributed by atoms with van der Waals surface area (Å²) in [5, 5.41) is 14.6. The van der Waals surface area contributed by atoms with Gasteiger partial charge in [0.15, 0.2) is 0 Å². The molecule has 1 aliphatic heterocycles. The topological polar surface area (TPSA) is 119 Å². The van der Waals surface area contributed by atoms with Gasteiger partial charge in [-0.1, -0.05) is 19.3 Å². The Morgan fingerprint density at radius 3 is 2.36 bits per heavy atom. The molecule has 1 aliphatic carbocycles. The van der Waals surface area contributed by atoms with Crippen LogP contribution in [-0.4, -0.2) is 77.0 Å². The predicted molar refractivity (Wildman–Crippen MR) is 103 cm³/mol. The van der Waals surface area contributed by atoms with E-state index in [9.17, 15) is 19.2 Å². The van der Waals surface area contributed by atoms with E-state index < -0.39 is 5.97 Å².